The lowest BCUT2D eigenvalue weighted by atomic mass is 9.89. The minimum absolute atomic E-state index is 0.290. The monoisotopic (exact) mass is 221 g/mol. The van der Waals surface area contributed by atoms with E-state index in [0.717, 1.165) is 19.5 Å². The Labute approximate surface area is 98.3 Å². The molecule has 1 aliphatic heterocycles. The predicted molar refractivity (Wildman–Crippen MR) is 66.5 cm³/mol. The highest BCUT2D eigenvalue weighted by Crippen LogP contribution is 2.32. The number of rotatable bonds is 4. The Bertz CT molecular complexity index is 342. The van der Waals surface area contributed by atoms with E-state index in [2.05, 4.69) is 42.0 Å². The van der Waals surface area contributed by atoms with Crippen molar-refractivity contribution in [2.24, 2.45) is 0 Å². The van der Waals surface area contributed by atoms with Gasteiger partial charge in [0, 0.05) is 30.7 Å². The Morgan fingerprint density at radius 2 is 2.00 bits per heavy atom. The number of hydrogen-bond acceptors (Lipinski definition) is 2. The standard InChI is InChI=1S/C13H23N3/c1-4-13(5-2,6-3)16-10-15-11-9-14-8-7-12(11)16/h10,14H,4-9H2,1-3H3. The van der Waals surface area contributed by atoms with Crippen LogP contribution in [0, 0.1) is 0 Å². The lowest BCUT2D eigenvalue weighted by Crippen LogP contribution is -2.35. The Hall–Kier alpha value is -0.830. The highest BCUT2D eigenvalue weighted by atomic mass is 15.1. The second-order valence-electron chi connectivity index (χ2n) is 4.72. The number of nitrogens with one attached hydrogen (secondary N) is 1. The first kappa shape index (κ1) is 11.6. The summed E-state index contributed by atoms with van der Waals surface area (Å²) >= 11 is 0. The van der Waals surface area contributed by atoms with E-state index in [1.165, 1.54) is 30.7 Å². The Kier molecular flexibility index (Phi) is 3.33. The van der Waals surface area contributed by atoms with Crippen molar-refractivity contribution in [1.82, 2.24) is 14.9 Å². The van der Waals surface area contributed by atoms with Gasteiger partial charge in [-0.2, -0.15) is 0 Å². The van der Waals surface area contributed by atoms with Gasteiger partial charge in [-0.25, -0.2) is 4.98 Å². The fourth-order valence-electron chi connectivity index (χ4n) is 2.91. The Morgan fingerprint density at radius 3 is 2.62 bits per heavy atom. The number of nitrogens with zero attached hydrogens (tertiary/aromatic N) is 2. The fraction of sp³-hybridized carbons (Fsp3) is 0.769. The summed E-state index contributed by atoms with van der Waals surface area (Å²) in [7, 11) is 0. The van der Waals surface area contributed by atoms with Gasteiger partial charge in [-0.1, -0.05) is 20.8 Å². The minimum atomic E-state index is 0.290. The van der Waals surface area contributed by atoms with Crippen LogP contribution in [0.1, 0.15) is 51.4 Å². The lowest BCUT2D eigenvalue weighted by Gasteiger charge is -2.34. The quantitative estimate of drug-likeness (QED) is 0.846. The molecular weight excluding hydrogens is 198 g/mol. The van der Waals surface area contributed by atoms with Gasteiger partial charge >= 0.3 is 0 Å². The first-order valence-electron chi connectivity index (χ1n) is 6.53. The van der Waals surface area contributed by atoms with E-state index in [0.29, 0.717) is 0 Å². The molecule has 0 unspecified atom stereocenters. The maximum Gasteiger partial charge on any atom is 0.0957 e. The van der Waals surface area contributed by atoms with Gasteiger partial charge < -0.3 is 9.88 Å². The molecule has 2 rings (SSSR count). The van der Waals surface area contributed by atoms with Crippen LogP contribution in [-0.2, 0) is 18.5 Å². The van der Waals surface area contributed by atoms with Gasteiger partial charge in [0.25, 0.3) is 0 Å². The molecule has 0 saturated carbocycles. The zero-order chi connectivity index (χ0) is 11.6. The van der Waals surface area contributed by atoms with Crippen molar-refractivity contribution in [3.05, 3.63) is 17.7 Å². The molecule has 90 valence electrons. The largest absolute Gasteiger partial charge is 0.328 e. The van der Waals surface area contributed by atoms with Crippen LogP contribution in [0.3, 0.4) is 0 Å². The van der Waals surface area contributed by atoms with Crippen molar-refractivity contribution in [1.29, 1.82) is 0 Å². The first-order chi connectivity index (χ1) is 7.77. The number of aromatic nitrogens is 2. The first-order valence-corrected chi connectivity index (χ1v) is 6.53. The smallest absolute Gasteiger partial charge is 0.0957 e. The summed E-state index contributed by atoms with van der Waals surface area (Å²) in [5.41, 5.74) is 3.01. The third-order valence-electron chi connectivity index (χ3n) is 4.27. The summed E-state index contributed by atoms with van der Waals surface area (Å²) in [5.74, 6) is 0. The van der Waals surface area contributed by atoms with Gasteiger partial charge in [0.15, 0.2) is 0 Å². The summed E-state index contributed by atoms with van der Waals surface area (Å²) < 4.78 is 2.46. The molecule has 2 heterocycles. The third-order valence-corrected chi connectivity index (χ3v) is 4.27. The van der Waals surface area contributed by atoms with Gasteiger partial charge in [0.1, 0.15) is 0 Å². The van der Waals surface area contributed by atoms with Gasteiger partial charge in [-0.3, -0.25) is 0 Å². The normalized spacial score (nSPS) is 16.2. The van der Waals surface area contributed by atoms with Gasteiger partial charge in [-0.15, -0.1) is 0 Å². The summed E-state index contributed by atoms with van der Waals surface area (Å²) in [6.07, 6.45) is 6.76. The van der Waals surface area contributed by atoms with Crippen LogP contribution in [0.2, 0.25) is 0 Å². The van der Waals surface area contributed by atoms with Crippen molar-refractivity contribution < 1.29 is 0 Å². The molecule has 0 atom stereocenters. The molecular formula is C13H23N3. The highest BCUT2D eigenvalue weighted by molar-refractivity contribution is 5.18. The van der Waals surface area contributed by atoms with E-state index in [4.69, 9.17) is 0 Å². The minimum Gasteiger partial charge on any atom is -0.328 e. The SMILES string of the molecule is CCC(CC)(CC)n1cnc2c1CCNC2. The molecule has 16 heavy (non-hydrogen) atoms. The average molecular weight is 221 g/mol. The second kappa shape index (κ2) is 4.58. The molecule has 1 aromatic heterocycles. The molecule has 1 aliphatic rings. The maximum absolute atomic E-state index is 4.57. The van der Waals surface area contributed by atoms with Crippen LogP contribution in [-0.4, -0.2) is 16.1 Å². The van der Waals surface area contributed by atoms with Crippen LogP contribution in [0.15, 0.2) is 6.33 Å². The van der Waals surface area contributed by atoms with E-state index in [1.807, 2.05) is 0 Å². The maximum atomic E-state index is 4.57. The van der Waals surface area contributed by atoms with E-state index in [1.54, 1.807) is 0 Å². The Morgan fingerprint density at radius 1 is 1.31 bits per heavy atom. The highest BCUT2D eigenvalue weighted by Gasteiger charge is 2.29. The molecule has 0 saturated heterocycles. The van der Waals surface area contributed by atoms with E-state index >= 15 is 0 Å². The molecule has 0 bridgehead atoms. The molecule has 3 heteroatoms. The number of hydrogen-bond donors (Lipinski definition) is 1. The molecule has 0 radical (unpaired) electrons. The zero-order valence-corrected chi connectivity index (χ0v) is 10.7. The predicted octanol–water partition coefficient (Wildman–Crippen LogP) is 2.45. The van der Waals surface area contributed by atoms with Crippen LogP contribution >= 0.6 is 0 Å². The van der Waals surface area contributed by atoms with Gasteiger partial charge in [0.2, 0.25) is 0 Å². The molecule has 1 N–H and O–H groups in total. The third kappa shape index (κ3) is 1.67. The molecule has 0 spiro atoms. The zero-order valence-electron chi connectivity index (χ0n) is 10.7. The van der Waals surface area contributed by atoms with E-state index in [9.17, 15) is 0 Å². The van der Waals surface area contributed by atoms with Crippen LogP contribution in [0.5, 0.6) is 0 Å². The van der Waals surface area contributed by atoms with Crippen molar-refractivity contribution in [2.75, 3.05) is 6.54 Å². The molecule has 0 aromatic carbocycles. The molecule has 1 aromatic rings. The topological polar surface area (TPSA) is 29.9 Å². The number of fused-ring (bicyclic) bond motifs is 1. The molecule has 0 aliphatic carbocycles. The van der Waals surface area contributed by atoms with Crippen LogP contribution in [0.25, 0.3) is 0 Å². The summed E-state index contributed by atoms with van der Waals surface area (Å²) in [6.45, 7) is 8.91. The van der Waals surface area contributed by atoms with Crippen molar-refractivity contribution in [3.8, 4) is 0 Å². The van der Waals surface area contributed by atoms with Crippen molar-refractivity contribution in [3.63, 3.8) is 0 Å². The van der Waals surface area contributed by atoms with Crippen molar-refractivity contribution in [2.45, 2.75) is 58.5 Å². The molecule has 3 nitrogen and oxygen atoms in total. The fourth-order valence-corrected chi connectivity index (χ4v) is 2.91. The summed E-state index contributed by atoms with van der Waals surface area (Å²) in [4.78, 5) is 4.57. The van der Waals surface area contributed by atoms with Gasteiger partial charge in [0.05, 0.1) is 12.0 Å². The van der Waals surface area contributed by atoms with E-state index < -0.39 is 0 Å². The summed E-state index contributed by atoms with van der Waals surface area (Å²) in [5, 5.41) is 3.38. The second-order valence-corrected chi connectivity index (χ2v) is 4.72. The van der Waals surface area contributed by atoms with E-state index in [-0.39, 0.29) is 5.54 Å². The van der Waals surface area contributed by atoms with Crippen LogP contribution < -0.4 is 5.32 Å². The Balaban J connectivity index is 2.42. The molecule has 0 fully saturated rings. The number of imidazole rings is 1. The molecule has 0 amide bonds. The van der Waals surface area contributed by atoms with Gasteiger partial charge in [-0.05, 0) is 19.3 Å². The summed E-state index contributed by atoms with van der Waals surface area (Å²) in [6, 6.07) is 0. The van der Waals surface area contributed by atoms with Crippen molar-refractivity contribution >= 4 is 0 Å². The lowest BCUT2D eigenvalue weighted by molar-refractivity contribution is 0.242. The van der Waals surface area contributed by atoms with Crippen LogP contribution in [0.4, 0.5) is 0 Å². The average Bonchev–Trinajstić information content (AvgIpc) is 2.77.